The molecule has 1 atom stereocenters. The van der Waals surface area contributed by atoms with Gasteiger partial charge in [0.15, 0.2) is 0 Å². The van der Waals surface area contributed by atoms with Crippen LogP contribution in [0.2, 0.25) is 0 Å². The number of alkyl halides is 3. The molecule has 0 amide bonds. The predicted octanol–water partition coefficient (Wildman–Crippen LogP) is 1.97. The van der Waals surface area contributed by atoms with Crippen molar-refractivity contribution in [3.05, 3.63) is 0 Å². The van der Waals surface area contributed by atoms with Crippen molar-refractivity contribution in [1.82, 2.24) is 5.32 Å². The van der Waals surface area contributed by atoms with E-state index in [-0.39, 0.29) is 12.6 Å². The van der Waals surface area contributed by atoms with E-state index >= 15 is 0 Å². The van der Waals surface area contributed by atoms with E-state index in [1.54, 1.807) is 7.11 Å². The van der Waals surface area contributed by atoms with Crippen molar-refractivity contribution in [3.8, 4) is 0 Å². The van der Waals surface area contributed by atoms with Crippen molar-refractivity contribution >= 4 is 0 Å². The van der Waals surface area contributed by atoms with E-state index in [0.29, 0.717) is 13.0 Å². The van der Waals surface area contributed by atoms with Crippen LogP contribution in [0.15, 0.2) is 0 Å². The maximum absolute atomic E-state index is 11.7. The zero-order valence-corrected chi connectivity index (χ0v) is 9.77. The van der Waals surface area contributed by atoms with Crippen LogP contribution in [0.1, 0.15) is 19.3 Å². The molecule has 0 saturated carbocycles. The SMILES string of the molecule is CNC(CCCOCC(F)(F)F)CCOC. The van der Waals surface area contributed by atoms with Gasteiger partial charge in [0, 0.05) is 26.4 Å². The molecule has 0 radical (unpaired) electrons. The van der Waals surface area contributed by atoms with Crippen LogP contribution in [0.25, 0.3) is 0 Å². The second-order valence-electron chi connectivity index (χ2n) is 3.58. The third-order valence-corrected chi connectivity index (χ3v) is 2.19. The molecule has 98 valence electrons. The van der Waals surface area contributed by atoms with Crippen molar-refractivity contribution in [2.45, 2.75) is 31.5 Å². The van der Waals surface area contributed by atoms with Crippen molar-refractivity contribution in [2.24, 2.45) is 0 Å². The first-order chi connectivity index (χ1) is 7.49. The summed E-state index contributed by atoms with van der Waals surface area (Å²) >= 11 is 0. The summed E-state index contributed by atoms with van der Waals surface area (Å²) in [5, 5.41) is 3.09. The lowest BCUT2D eigenvalue weighted by Crippen LogP contribution is -2.27. The van der Waals surface area contributed by atoms with Crippen LogP contribution in [-0.4, -0.2) is 46.2 Å². The first-order valence-corrected chi connectivity index (χ1v) is 5.30. The topological polar surface area (TPSA) is 30.5 Å². The van der Waals surface area contributed by atoms with Gasteiger partial charge >= 0.3 is 6.18 Å². The molecule has 0 aromatic rings. The summed E-state index contributed by atoms with van der Waals surface area (Å²) in [7, 11) is 3.45. The second kappa shape index (κ2) is 8.78. The smallest absolute Gasteiger partial charge is 0.385 e. The lowest BCUT2D eigenvalue weighted by molar-refractivity contribution is -0.174. The lowest BCUT2D eigenvalue weighted by atomic mass is 10.1. The Morgan fingerprint density at radius 3 is 2.38 bits per heavy atom. The average Bonchev–Trinajstić information content (AvgIpc) is 2.20. The van der Waals surface area contributed by atoms with Gasteiger partial charge in [-0.25, -0.2) is 0 Å². The maximum Gasteiger partial charge on any atom is 0.411 e. The van der Waals surface area contributed by atoms with E-state index < -0.39 is 12.8 Å². The summed E-state index contributed by atoms with van der Waals surface area (Å²) in [5.41, 5.74) is 0. The Morgan fingerprint density at radius 2 is 1.88 bits per heavy atom. The van der Waals surface area contributed by atoms with Crippen LogP contribution in [0, 0.1) is 0 Å². The Hall–Kier alpha value is -0.330. The molecule has 1 unspecified atom stereocenters. The molecule has 0 bridgehead atoms. The minimum atomic E-state index is -4.22. The van der Waals surface area contributed by atoms with Gasteiger partial charge in [0.25, 0.3) is 0 Å². The predicted molar refractivity (Wildman–Crippen MR) is 55.4 cm³/mol. The largest absolute Gasteiger partial charge is 0.411 e. The summed E-state index contributed by atoms with van der Waals surface area (Å²) < 4.78 is 44.6. The van der Waals surface area contributed by atoms with Crippen LogP contribution in [0.5, 0.6) is 0 Å². The molecule has 16 heavy (non-hydrogen) atoms. The second-order valence-corrected chi connectivity index (χ2v) is 3.58. The van der Waals surface area contributed by atoms with Gasteiger partial charge in [-0.05, 0) is 26.3 Å². The Morgan fingerprint density at radius 1 is 1.19 bits per heavy atom. The zero-order chi connectivity index (χ0) is 12.4. The Bertz CT molecular complexity index is 165. The van der Waals surface area contributed by atoms with Gasteiger partial charge in [0.2, 0.25) is 0 Å². The highest BCUT2D eigenvalue weighted by atomic mass is 19.4. The molecule has 0 spiro atoms. The monoisotopic (exact) mass is 243 g/mol. The van der Waals surface area contributed by atoms with Gasteiger partial charge in [-0.15, -0.1) is 0 Å². The van der Waals surface area contributed by atoms with Crippen molar-refractivity contribution in [1.29, 1.82) is 0 Å². The van der Waals surface area contributed by atoms with E-state index in [1.807, 2.05) is 7.05 Å². The fourth-order valence-electron chi connectivity index (χ4n) is 1.31. The summed E-state index contributed by atoms with van der Waals surface area (Å²) in [6.45, 7) is -0.366. The molecule has 0 aromatic heterocycles. The highest BCUT2D eigenvalue weighted by molar-refractivity contribution is 4.63. The first-order valence-electron chi connectivity index (χ1n) is 5.30. The van der Waals surface area contributed by atoms with Crippen molar-refractivity contribution in [2.75, 3.05) is 34.0 Å². The summed E-state index contributed by atoms with van der Waals surface area (Å²) in [6.07, 6.45) is -1.96. The number of rotatable bonds is 9. The molecule has 0 aliphatic rings. The number of halogens is 3. The van der Waals surface area contributed by atoms with E-state index in [9.17, 15) is 13.2 Å². The number of methoxy groups -OCH3 is 1. The third kappa shape index (κ3) is 10.2. The highest BCUT2D eigenvalue weighted by Gasteiger charge is 2.27. The molecular formula is C10H20F3NO2. The van der Waals surface area contributed by atoms with Crippen LogP contribution in [0.3, 0.4) is 0 Å². The minimum Gasteiger partial charge on any atom is -0.385 e. The van der Waals surface area contributed by atoms with Gasteiger partial charge in [0.1, 0.15) is 6.61 Å². The number of hydrogen-bond acceptors (Lipinski definition) is 3. The molecule has 0 fully saturated rings. The number of hydrogen-bond donors (Lipinski definition) is 1. The van der Waals surface area contributed by atoms with Gasteiger partial charge in [-0.1, -0.05) is 0 Å². The molecule has 0 aliphatic heterocycles. The molecule has 3 nitrogen and oxygen atoms in total. The molecule has 0 rings (SSSR count). The van der Waals surface area contributed by atoms with Crippen LogP contribution in [0.4, 0.5) is 13.2 Å². The molecular weight excluding hydrogens is 223 g/mol. The molecule has 6 heteroatoms. The van der Waals surface area contributed by atoms with Crippen molar-refractivity contribution < 1.29 is 22.6 Å². The molecule has 1 N–H and O–H groups in total. The highest BCUT2D eigenvalue weighted by Crippen LogP contribution is 2.14. The molecule has 0 aliphatic carbocycles. The minimum absolute atomic E-state index is 0.144. The van der Waals surface area contributed by atoms with Gasteiger partial charge < -0.3 is 14.8 Å². The van der Waals surface area contributed by atoms with Gasteiger partial charge in [-0.2, -0.15) is 13.2 Å². The summed E-state index contributed by atoms with van der Waals surface area (Å²) in [4.78, 5) is 0. The Balaban J connectivity index is 3.41. The van der Waals surface area contributed by atoms with E-state index in [2.05, 4.69) is 10.1 Å². The van der Waals surface area contributed by atoms with Crippen LogP contribution < -0.4 is 5.32 Å². The van der Waals surface area contributed by atoms with Gasteiger partial charge in [0.05, 0.1) is 0 Å². The zero-order valence-electron chi connectivity index (χ0n) is 9.77. The van der Waals surface area contributed by atoms with Crippen LogP contribution >= 0.6 is 0 Å². The van der Waals surface area contributed by atoms with E-state index in [4.69, 9.17) is 4.74 Å². The number of ether oxygens (including phenoxy) is 2. The first kappa shape index (κ1) is 15.7. The van der Waals surface area contributed by atoms with Crippen molar-refractivity contribution in [3.63, 3.8) is 0 Å². The summed E-state index contributed by atoms with van der Waals surface area (Å²) in [6, 6.07) is 0.273. The summed E-state index contributed by atoms with van der Waals surface area (Å²) in [5.74, 6) is 0. The fourth-order valence-corrected chi connectivity index (χ4v) is 1.31. The third-order valence-electron chi connectivity index (χ3n) is 2.19. The normalized spacial score (nSPS) is 14.1. The standard InChI is InChI=1S/C10H20F3NO2/c1-14-9(5-7-15-2)4-3-6-16-8-10(11,12)13/h9,14H,3-8H2,1-2H3. The fraction of sp³-hybridized carbons (Fsp3) is 1.00. The molecule has 0 saturated heterocycles. The lowest BCUT2D eigenvalue weighted by Gasteiger charge is -2.15. The quantitative estimate of drug-likeness (QED) is 0.628. The number of nitrogens with one attached hydrogen (secondary N) is 1. The van der Waals surface area contributed by atoms with E-state index in [1.165, 1.54) is 0 Å². The van der Waals surface area contributed by atoms with E-state index in [0.717, 1.165) is 12.8 Å². The van der Waals surface area contributed by atoms with Crippen LogP contribution in [-0.2, 0) is 9.47 Å². The average molecular weight is 243 g/mol. The van der Waals surface area contributed by atoms with Gasteiger partial charge in [-0.3, -0.25) is 0 Å². The Kier molecular flexibility index (Phi) is 8.60. The maximum atomic E-state index is 11.7. The Labute approximate surface area is 94.3 Å². The molecule has 0 heterocycles. The molecule has 0 aromatic carbocycles.